The van der Waals surface area contributed by atoms with Crippen molar-refractivity contribution in [3.8, 4) is 0 Å². The number of halogens is 1. The normalized spacial score (nSPS) is 11.0. The van der Waals surface area contributed by atoms with Gasteiger partial charge in [-0.25, -0.2) is 9.98 Å². The molecule has 0 amide bonds. The number of guanidine groups is 1. The molecule has 0 aliphatic rings. The molecule has 1 aromatic heterocycles. The number of benzene rings is 1. The summed E-state index contributed by atoms with van der Waals surface area (Å²) in [5.41, 5.74) is 2.16. The van der Waals surface area contributed by atoms with Crippen LogP contribution in [0.3, 0.4) is 0 Å². The Kier molecular flexibility index (Phi) is 11.2. The Bertz CT molecular complexity index is 648. The van der Waals surface area contributed by atoms with Gasteiger partial charge in [0.1, 0.15) is 0 Å². The average Bonchev–Trinajstić information content (AvgIpc) is 3.09. The molecule has 1 heterocycles. The Morgan fingerprint density at radius 3 is 2.65 bits per heavy atom. The maximum Gasteiger partial charge on any atom is 0.191 e. The summed E-state index contributed by atoms with van der Waals surface area (Å²) in [4.78, 5) is 11.1. The zero-order chi connectivity index (χ0) is 17.9. The van der Waals surface area contributed by atoms with Crippen molar-refractivity contribution in [3.63, 3.8) is 0 Å². The highest BCUT2D eigenvalue weighted by atomic mass is 127. The van der Waals surface area contributed by atoms with E-state index in [1.54, 1.807) is 11.3 Å². The molecule has 0 aliphatic heterocycles. The molecule has 2 aromatic rings. The van der Waals surface area contributed by atoms with E-state index in [1.165, 1.54) is 5.56 Å². The molecular weight excluding hydrogens is 461 g/mol. The number of thiazole rings is 1. The lowest BCUT2D eigenvalue weighted by Crippen LogP contribution is -2.39. The summed E-state index contributed by atoms with van der Waals surface area (Å²) in [7, 11) is 3.99. The fourth-order valence-corrected chi connectivity index (χ4v) is 2.83. The predicted molar refractivity (Wildman–Crippen MR) is 121 cm³/mol. The van der Waals surface area contributed by atoms with Crippen LogP contribution in [-0.2, 0) is 17.9 Å². The van der Waals surface area contributed by atoms with Crippen molar-refractivity contribution in [2.24, 2.45) is 4.99 Å². The largest absolute Gasteiger partial charge is 0.375 e. The van der Waals surface area contributed by atoms with Crippen molar-refractivity contribution in [2.75, 3.05) is 38.7 Å². The van der Waals surface area contributed by atoms with E-state index in [1.807, 2.05) is 42.6 Å². The second-order valence-corrected chi connectivity index (χ2v) is 6.51. The quantitative estimate of drug-likeness (QED) is 0.245. The monoisotopic (exact) mass is 489 g/mol. The highest BCUT2D eigenvalue weighted by molar-refractivity contribution is 14.0. The van der Waals surface area contributed by atoms with Crippen molar-refractivity contribution < 1.29 is 4.74 Å². The summed E-state index contributed by atoms with van der Waals surface area (Å²) < 4.78 is 5.68. The molecule has 2 rings (SSSR count). The van der Waals surface area contributed by atoms with Crippen molar-refractivity contribution in [1.82, 2.24) is 15.6 Å². The molecular formula is C18H28IN5OS. The third kappa shape index (κ3) is 8.33. The molecule has 1 aromatic carbocycles. The van der Waals surface area contributed by atoms with Gasteiger partial charge < -0.3 is 20.3 Å². The first kappa shape index (κ1) is 22.7. The number of hydrogen-bond acceptors (Lipinski definition) is 5. The standard InChI is InChI=1S/C18H27N5OS.HI/c1-4-19-17(21-12-16-14-25-18(22-16)23(2)3)20-10-11-24-13-15-8-6-5-7-9-15;/h5-9,14H,4,10-13H2,1-3H3,(H2,19,20,21);1H. The van der Waals surface area contributed by atoms with Crippen LogP contribution in [0.2, 0.25) is 0 Å². The van der Waals surface area contributed by atoms with Gasteiger partial charge in [0.05, 0.1) is 25.5 Å². The molecule has 0 aliphatic carbocycles. The van der Waals surface area contributed by atoms with Crippen LogP contribution in [0.15, 0.2) is 40.7 Å². The molecule has 0 saturated heterocycles. The van der Waals surface area contributed by atoms with Gasteiger partial charge in [0.15, 0.2) is 11.1 Å². The van der Waals surface area contributed by atoms with Crippen LogP contribution in [0.1, 0.15) is 18.2 Å². The minimum Gasteiger partial charge on any atom is -0.375 e. The highest BCUT2D eigenvalue weighted by Gasteiger charge is 2.04. The number of nitrogens with one attached hydrogen (secondary N) is 2. The number of nitrogens with zero attached hydrogens (tertiary/aromatic N) is 3. The zero-order valence-corrected chi connectivity index (χ0v) is 18.7. The summed E-state index contributed by atoms with van der Waals surface area (Å²) in [5.74, 6) is 0.783. The minimum absolute atomic E-state index is 0. The Hall–Kier alpha value is -1.39. The lowest BCUT2D eigenvalue weighted by molar-refractivity contribution is 0.125. The van der Waals surface area contributed by atoms with Gasteiger partial charge >= 0.3 is 0 Å². The van der Waals surface area contributed by atoms with Crippen molar-refractivity contribution in [3.05, 3.63) is 47.0 Å². The number of rotatable bonds is 9. The van der Waals surface area contributed by atoms with Crippen molar-refractivity contribution >= 4 is 46.4 Å². The molecule has 0 bridgehead atoms. The van der Waals surface area contributed by atoms with E-state index in [9.17, 15) is 0 Å². The first-order chi connectivity index (χ1) is 12.2. The van der Waals surface area contributed by atoms with E-state index < -0.39 is 0 Å². The number of aromatic nitrogens is 1. The number of ether oxygens (including phenoxy) is 1. The summed E-state index contributed by atoms with van der Waals surface area (Å²) >= 11 is 1.63. The van der Waals surface area contributed by atoms with E-state index in [0.717, 1.165) is 23.3 Å². The fourth-order valence-electron chi connectivity index (χ4n) is 2.08. The lowest BCUT2D eigenvalue weighted by Gasteiger charge is -2.11. The van der Waals surface area contributed by atoms with Gasteiger partial charge in [-0.2, -0.15) is 0 Å². The van der Waals surface area contributed by atoms with E-state index in [2.05, 4.69) is 39.7 Å². The topological polar surface area (TPSA) is 61.8 Å². The molecule has 0 atom stereocenters. The number of anilines is 1. The number of hydrogen-bond donors (Lipinski definition) is 2. The molecule has 6 nitrogen and oxygen atoms in total. The minimum atomic E-state index is 0. The third-order valence-electron chi connectivity index (χ3n) is 3.32. The predicted octanol–water partition coefficient (Wildman–Crippen LogP) is 3.10. The molecule has 0 unspecified atom stereocenters. The Morgan fingerprint density at radius 1 is 1.23 bits per heavy atom. The highest BCUT2D eigenvalue weighted by Crippen LogP contribution is 2.18. The summed E-state index contributed by atoms with van der Waals surface area (Å²) in [6, 6.07) is 10.2. The van der Waals surface area contributed by atoms with Gasteiger partial charge in [-0.15, -0.1) is 35.3 Å². The second-order valence-electron chi connectivity index (χ2n) is 5.68. The Labute approximate surface area is 177 Å². The second kappa shape index (κ2) is 12.9. The Morgan fingerprint density at radius 2 is 2.00 bits per heavy atom. The van der Waals surface area contributed by atoms with E-state index in [-0.39, 0.29) is 24.0 Å². The fraction of sp³-hybridized carbons (Fsp3) is 0.444. The lowest BCUT2D eigenvalue weighted by atomic mass is 10.2. The van der Waals surface area contributed by atoms with Gasteiger partial charge in [-0.1, -0.05) is 30.3 Å². The SMILES string of the molecule is CCNC(=NCc1csc(N(C)C)n1)NCCOCc1ccccc1.I. The van der Waals surface area contributed by atoms with Gasteiger partial charge in [-0.05, 0) is 12.5 Å². The first-order valence-corrected chi connectivity index (χ1v) is 9.32. The van der Waals surface area contributed by atoms with Crippen LogP contribution >= 0.6 is 35.3 Å². The summed E-state index contributed by atoms with van der Waals surface area (Å²) in [6.07, 6.45) is 0. The third-order valence-corrected chi connectivity index (χ3v) is 4.37. The van der Waals surface area contributed by atoms with Gasteiger partial charge in [-0.3, -0.25) is 0 Å². The van der Waals surface area contributed by atoms with Crippen LogP contribution in [0, 0.1) is 0 Å². The summed E-state index contributed by atoms with van der Waals surface area (Å²) in [6.45, 7) is 5.39. The van der Waals surface area contributed by atoms with Crippen LogP contribution in [0.5, 0.6) is 0 Å². The van der Waals surface area contributed by atoms with Gasteiger partial charge in [0.25, 0.3) is 0 Å². The van der Waals surface area contributed by atoms with Crippen molar-refractivity contribution in [2.45, 2.75) is 20.1 Å². The number of aliphatic imine (C=N–C) groups is 1. The Balaban J connectivity index is 0.00000338. The zero-order valence-electron chi connectivity index (χ0n) is 15.6. The maximum atomic E-state index is 5.68. The van der Waals surface area contributed by atoms with Crippen LogP contribution in [0.25, 0.3) is 0 Å². The molecule has 0 saturated carbocycles. The van der Waals surface area contributed by atoms with Gasteiger partial charge in [0.2, 0.25) is 0 Å². The molecule has 0 spiro atoms. The molecule has 8 heteroatoms. The van der Waals surface area contributed by atoms with Gasteiger partial charge in [0, 0.05) is 32.6 Å². The molecule has 0 radical (unpaired) electrons. The smallest absolute Gasteiger partial charge is 0.191 e. The first-order valence-electron chi connectivity index (χ1n) is 8.44. The van der Waals surface area contributed by atoms with E-state index >= 15 is 0 Å². The van der Waals surface area contributed by atoms with Crippen molar-refractivity contribution in [1.29, 1.82) is 0 Å². The molecule has 2 N–H and O–H groups in total. The van der Waals surface area contributed by atoms with Crippen LogP contribution in [-0.4, -0.2) is 44.7 Å². The molecule has 0 fully saturated rings. The van der Waals surface area contributed by atoms with Crippen LogP contribution in [0.4, 0.5) is 5.13 Å². The molecule has 26 heavy (non-hydrogen) atoms. The van der Waals surface area contributed by atoms with E-state index in [0.29, 0.717) is 26.3 Å². The average molecular weight is 489 g/mol. The maximum absolute atomic E-state index is 5.68. The van der Waals surface area contributed by atoms with E-state index in [4.69, 9.17) is 4.74 Å². The van der Waals surface area contributed by atoms with Crippen LogP contribution < -0.4 is 15.5 Å². The molecule has 144 valence electrons. The summed E-state index contributed by atoms with van der Waals surface area (Å²) in [5, 5.41) is 9.57.